The van der Waals surface area contributed by atoms with Crippen LogP contribution in [-0.2, 0) is 34.4 Å². The number of nitrogens with zero attached hydrogens (tertiary/aromatic N) is 7. The summed E-state index contributed by atoms with van der Waals surface area (Å²) >= 11 is 4.58. The number of imide groups is 1. The Hall–Kier alpha value is -6.41. The van der Waals surface area contributed by atoms with Crippen molar-refractivity contribution in [3.8, 4) is 39.8 Å². The van der Waals surface area contributed by atoms with Gasteiger partial charge in [-0.15, -0.1) is 10.2 Å². The van der Waals surface area contributed by atoms with E-state index in [-0.39, 0.29) is 50.9 Å². The molecule has 2 heterocycles. The molecule has 0 aliphatic carbocycles. The average molecular weight is 1010 g/mol. The lowest BCUT2D eigenvalue weighted by Gasteiger charge is -2.32. The molecule has 2 amide bonds. The molecule has 67 heavy (non-hydrogen) atoms. The van der Waals surface area contributed by atoms with Gasteiger partial charge in [-0.2, -0.15) is 14.0 Å². The summed E-state index contributed by atoms with van der Waals surface area (Å²) in [5, 5.41) is 23.9. The molecule has 16 nitrogen and oxygen atoms in total. The normalized spacial score (nSPS) is 12.0. The second kappa shape index (κ2) is 19.8. The molecule has 0 fully saturated rings. The van der Waals surface area contributed by atoms with Gasteiger partial charge in [0, 0.05) is 23.1 Å². The van der Waals surface area contributed by atoms with Crippen LogP contribution in [0.2, 0.25) is 0 Å². The Morgan fingerprint density at radius 2 is 1.31 bits per heavy atom. The van der Waals surface area contributed by atoms with Crippen molar-refractivity contribution in [1.82, 2.24) is 29.5 Å². The van der Waals surface area contributed by atoms with Gasteiger partial charge in [0.25, 0.3) is 0 Å². The molecule has 5 aromatic carbocycles. The van der Waals surface area contributed by atoms with Crippen LogP contribution in [0.25, 0.3) is 32.7 Å². The minimum absolute atomic E-state index is 0.0125. The van der Waals surface area contributed by atoms with E-state index in [1.165, 1.54) is 9.10 Å². The summed E-state index contributed by atoms with van der Waals surface area (Å²) in [6, 6.07) is 30.2. The third-order valence-corrected chi connectivity index (χ3v) is 14.3. The highest BCUT2D eigenvalue weighted by atomic mass is 79.9. The predicted octanol–water partition coefficient (Wildman–Crippen LogP) is 10.7. The van der Waals surface area contributed by atoms with Crippen molar-refractivity contribution in [3.63, 3.8) is 0 Å². The van der Waals surface area contributed by atoms with Crippen molar-refractivity contribution in [1.29, 1.82) is 0 Å². The number of para-hydroxylation sites is 1. The topological polar surface area (TPSA) is 188 Å². The van der Waals surface area contributed by atoms with Crippen LogP contribution in [0.3, 0.4) is 0 Å². The fraction of sp³-hybridized carbons (Fsp3) is 0.292. The van der Waals surface area contributed by atoms with E-state index < -0.39 is 27.8 Å². The first-order valence-electron chi connectivity index (χ1n) is 20.9. The van der Waals surface area contributed by atoms with Gasteiger partial charge >= 0.3 is 12.2 Å². The number of tetrazole rings is 1. The number of halogens is 1. The summed E-state index contributed by atoms with van der Waals surface area (Å²) in [6.07, 6.45) is -2.23. The van der Waals surface area contributed by atoms with Gasteiger partial charge < -0.3 is 24.1 Å². The number of ether oxygens (including phenoxy) is 4. The van der Waals surface area contributed by atoms with Gasteiger partial charge in [-0.05, 0) is 118 Å². The number of methoxy groups -OCH3 is 3. The van der Waals surface area contributed by atoms with E-state index >= 15 is 8.42 Å². The summed E-state index contributed by atoms with van der Waals surface area (Å²) in [6.45, 7) is 9.56. The molecule has 0 spiro atoms. The average Bonchev–Trinajstić information content (AvgIpc) is 3.93. The number of carbonyl (C=O) groups excluding carboxylic acids is 1. The number of fused-ring (bicyclic) bond motifs is 1. The summed E-state index contributed by atoms with van der Waals surface area (Å²) in [7, 11) is 0.180. The standard InChI is InChI=1S/C48H50BrN7O9S2/c1-47(2,3)29-48(4,5)65-46(59)56(45(57)58)44-50-41-37(10-9-11-39(41)66-44)36-24-25-38(49)42(40(36)43-51-53-55(52-43)28-32-16-22-35(64-8)23-17-32)67(60,61)54(26-30-12-18-33(62-6)19-13-30)27-31-14-20-34(63-7)21-15-31/h9-25H,26-29H2,1-8H3,(H,57,58). The van der Waals surface area contributed by atoms with Crippen LogP contribution in [0, 0.1) is 5.41 Å². The molecule has 7 rings (SSSR count). The number of carbonyl (C=O) groups is 2. The molecule has 0 aliphatic rings. The summed E-state index contributed by atoms with van der Waals surface area (Å²) in [4.78, 5) is 32.9. The fourth-order valence-corrected chi connectivity index (χ4v) is 11.5. The third-order valence-electron chi connectivity index (χ3n) is 10.5. The number of thiazole rings is 1. The number of rotatable bonds is 16. The van der Waals surface area contributed by atoms with E-state index in [2.05, 4.69) is 26.2 Å². The van der Waals surface area contributed by atoms with E-state index in [1.54, 1.807) is 114 Å². The Bertz CT molecular complexity index is 2960. The zero-order valence-corrected chi connectivity index (χ0v) is 41.4. The molecule has 0 aliphatic heterocycles. The van der Waals surface area contributed by atoms with Crippen LogP contribution >= 0.6 is 27.3 Å². The Kier molecular flexibility index (Phi) is 14.4. The number of sulfonamides is 1. The van der Waals surface area contributed by atoms with Crippen molar-refractivity contribution >= 4 is 64.8 Å². The minimum atomic E-state index is -4.51. The van der Waals surface area contributed by atoms with Gasteiger partial charge in [-0.3, -0.25) is 0 Å². The first kappa shape index (κ1) is 48.5. The van der Waals surface area contributed by atoms with Crippen LogP contribution in [0.15, 0.2) is 112 Å². The molecule has 0 bridgehead atoms. The number of hydrogen-bond donors (Lipinski definition) is 1. The first-order chi connectivity index (χ1) is 31.8. The highest BCUT2D eigenvalue weighted by Crippen LogP contribution is 2.45. The zero-order chi connectivity index (χ0) is 48.3. The molecular formula is C48H50BrN7O9S2. The lowest BCUT2D eigenvalue weighted by atomic mass is 9.84. The maximum atomic E-state index is 15.7. The molecule has 0 atom stereocenters. The molecule has 0 saturated carbocycles. The van der Waals surface area contributed by atoms with Crippen molar-refractivity contribution in [2.24, 2.45) is 5.41 Å². The quantitative estimate of drug-likeness (QED) is 0.0964. The molecule has 19 heteroatoms. The molecule has 1 N–H and O–H groups in total. The number of amides is 2. The predicted molar refractivity (Wildman–Crippen MR) is 259 cm³/mol. The number of aromatic nitrogens is 5. The molecule has 2 aromatic heterocycles. The van der Waals surface area contributed by atoms with E-state index in [1.807, 2.05) is 45.0 Å². The lowest BCUT2D eigenvalue weighted by Crippen LogP contribution is -2.42. The van der Waals surface area contributed by atoms with Gasteiger partial charge in [-0.25, -0.2) is 23.0 Å². The monoisotopic (exact) mass is 1010 g/mol. The Balaban J connectivity index is 1.41. The van der Waals surface area contributed by atoms with Crippen LogP contribution < -0.4 is 19.1 Å². The van der Waals surface area contributed by atoms with E-state index in [4.69, 9.17) is 29.0 Å². The highest BCUT2D eigenvalue weighted by Gasteiger charge is 2.37. The van der Waals surface area contributed by atoms with Crippen LogP contribution in [0.1, 0.15) is 57.7 Å². The SMILES string of the molecule is COc1ccc(CN(Cc2ccc(OC)cc2)S(=O)(=O)c2c(Br)ccc(-c3cccc4sc(N(C(=O)O)C(=O)OC(C)(C)CC(C)(C)C)nc34)c2-c2nnn(Cc3ccc(OC)cc3)n2)cc1. The number of hydrogen-bond acceptors (Lipinski definition) is 13. The second-order valence-corrected chi connectivity index (χ2v) is 21.1. The lowest BCUT2D eigenvalue weighted by molar-refractivity contribution is 0.0145. The molecular weight excluding hydrogens is 963 g/mol. The van der Waals surface area contributed by atoms with Crippen molar-refractivity contribution in [3.05, 3.63) is 124 Å². The van der Waals surface area contributed by atoms with Gasteiger partial charge in [0.15, 0.2) is 0 Å². The maximum Gasteiger partial charge on any atom is 0.426 e. The van der Waals surface area contributed by atoms with Crippen LogP contribution in [-0.4, -0.2) is 82.1 Å². The fourth-order valence-electron chi connectivity index (χ4n) is 7.87. The minimum Gasteiger partial charge on any atom is -0.497 e. The number of anilines is 1. The van der Waals surface area contributed by atoms with Crippen LogP contribution in [0.5, 0.6) is 17.2 Å². The zero-order valence-electron chi connectivity index (χ0n) is 38.2. The van der Waals surface area contributed by atoms with Gasteiger partial charge in [-0.1, -0.05) is 86.7 Å². The van der Waals surface area contributed by atoms with Gasteiger partial charge in [0.2, 0.25) is 21.0 Å². The largest absolute Gasteiger partial charge is 0.497 e. The van der Waals surface area contributed by atoms with Crippen molar-refractivity contribution in [2.75, 3.05) is 26.2 Å². The van der Waals surface area contributed by atoms with E-state index in [9.17, 15) is 14.7 Å². The molecule has 7 aromatic rings. The van der Waals surface area contributed by atoms with E-state index in [0.29, 0.717) is 61.0 Å². The smallest absolute Gasteiger partial charge is 0.426 e. The maximum absolute atomic E-state index is 15.7. The van der Waals surface area contributed by atoms with Gasteiger partial charge in [0.05, 0.1) is 43.7 Å². The molecule has 350 valence electrons. The molecule has 0 radical (unpaired) electrons. The van der Waals surface area contributed by atoms with Crippen molar-refractivity contribution < 1.29 is 42.1 Å². The van der Waals surface area contributed by atoms with Crippen molar-refractivity contribution in [2.45, 2.75) is 71.2 Å². The Morgan fingerprint density at radius 1 is 0.761 bits per heavy atom. The summed E-state index contributed by atoms with van der Waals surface area (Å²) in [5.74, 6) is 1.89. The van der Waals surface area contributed by atoms with Gasteiger partial charge in [0.1, 0.15) is 27.7 Å². The summed E-state index contributed by atoms with van der Waals surface area (Å²) < 4.78 is 55.3. The first-order valence-corrected chi connectivity index (χ1v) is 24.0. The van der Waals surface area contributed by atoms with E-state index in [0.717, 1.165) is 16.9 Å². The highest BCUT2D eigenvalue weighted by molar-refractivity contribution is 9.10. The molecule has 0 unspecified atom stereocenters. The van der Waals surface area contributed by atoms with Crippen LogP contribution in [0.4, 0.5) is 14.7 Å². The molecule has 0 saturated heterocycles. The Morgan fingerprint density at radius 3 is 1.84 bits per heavy atom. The number of benzene rings is 5. The number of carboxylic acid groups (broad SMARTS) is 1. The Labute approximate surface area is 401 Å². The second-order valence-electron chi connectivity index (χ2n) is 17.4. The third kappa shape index (κ3) is 11.2. The summed E-state index contributed by atoms with van der Waals surface area (Å²) in [5.41, 5.74) is 2.14.